The molecule has 7 heteroatoms. The van der Waals surface area contributed by atoms with E-state index in [1.165, 1.54) is 6.07 Å². The van der Waals surface area contributed by atoms with E-state index < -0.39 is 5.97 Å². The van der Waals surface area contributed by atoms with E-state index in [9.17, 15) is 9.59 Å². The third-order valence-corrected chi connectivity index (χ3v) is 4.17. The van der Waals surface area contributed by atoms with Crippen LogP contribution in [0.25, 0.3) is 10.2 Å². The molecule has 0 unspecified atom stereocenters. The lowest BCUT2D eigenvalue weighted by Crippen LogP contribution is -2.10. The lowest BCUT2D eigenvalue weighted by atomic mass is 10.1. The molecule has 2 N–H and O–H groups in total. The first kappa shape index (κ1) is 13.8. The second-order valence-electron chi connectivity index (χ2n) is 4.45. The molecule has 3 aromatic rings. The standard InChI is InChI=1S/C14H9ClN2O3S/c15-8-3-1-2-7(4-8)5-11-16-12(18)9-6-10(14(19)20)21-13(9)17-11/h1-4,6H,5H2,(H,19,20)(H,16,17,18). The Kier molecular flexibility index (Phi) is 3.48. The summed E-state index contributed by atoms with van der Waals surface area (Å²) in [6.07, 6.45) is 0.423. The Morgan fingerprint density at radius 2 is 2.19 bits per heavy atom. The number of hydrogen-bond donors (Lipinski definition) is 2. The third-order valence-electron chi connectivity index (χ3n) is 2.92. The Bertz CT molecular complexity index is 901. The molecule has 0 fully saturated rings. The number of carboxylic acids is 1. The number of fused-ring (bicyclic) bond motifs is 1. The van der Waals surface area contributed by atoms with E-state index in [-0.39, 0.29) is 10.4 Å². The fourth-order valence-electron chi connectivity index (χ4n) is 2.01. The van der Waals surface area contributed by atoms with Crippen LogP contribution in [0, 0.1) is 0 Å². The van der Waals surface area contributed by atoms with Gasteiger partial charge in [0.25, 0.3) is 5.56 Å². The van der Waals surface area contributed by atoms with E-state index in [4.69, 9.17) is 16.7 Å². The second kappa shape index (κ2) is 5.31. The molecule has 3 rings (SSSR count). The number of nitrogens with one attached hydrogen (secondary N) is 1. The van der Waals surface area contributed by atoms with Crippen LogP contribution >= 0.6 is 22.9 Å². The van der Waals surface area contributed by atoms with E-state index in [1.54, 1.807) is 12.1 Å². The third kappa shape index (κ3) is 2.81. The minimum Gasteiger partial charge on any atom is -0.477 e. The largest absolute Gasteiger partial charge is 0.477 e. The highest BCUT2D eigenvalue weighted by Crippen LogP contribution is 2.21. The van der Waals surface area contributed by atoms with Crippen LogP contribution in [0.4, 0.5) is 0 Å². The lowest BCUT2D eigenvalue weighted by molar-refractivity contribution is 0.0702. The molecular formula is C14H9ClN2O3S. The summed E-state index contributed by atoms with van der Waals surface area (Å²) in [4.78, 5) is 30.5. The number of aromatic amines is 1. The molecule has 106 valence electrons. The van der Waals surface area contributed by atoms with Gasteiger partial charge in [0.05, 0.1) is 5.39 Å². The van der Waals surface area contributed by atoms with E-state index >= 15 is 0 Å². The number of carbonyl (C=O) groups is 1. The molecule has 21 heavy (non-hydrogen) atoms. The van der Waals surface area contributed by atoms with Crippen LogP contribution < -0.4 is 5.56 Å². The number of nitrogens with zero attached hydrogens (tertiary/aromatic N) is 1. The first-order valence-electron chi connectivity index (χ1n) is 6.03. The van der Waals surface area contributed by atoms with Crippen LogP contribution in [-0.4, -0.2) is 21.0 Å². The Labute approximate surface area is 127 Å². The average Bonchev–Trinajstić information content (AvgIpc) is 2.83. The molecule has 0 amide bonds. The summed E-state index contributed by atoms with van der Waals surface area (Å²) in [6.45, 7) is 0. The SMILES string of the molecule is O=C(O)c1cc2c(=O)[nH]c(Cc3cccc(Cl)c3)nc2s1. The van der Waals surface area contributed by atoms with Crippen molar-refractivity contribution in [3.8, 4) is 0 Å². The summed E-state index contributed by atoms with van der Waals surface area (Å²) in [5, 5.41) is 9.88. The molecule has 0 aliphatic heterocycles. The van der Waals surface area contributed by atoms with Gasteiger partial charge in [0.15, 0.2) is 0 Å². The van der Waals surface area contributed by atoms with Crippen molar-refractivity contribution in [3.63, 3.8) is 0 Å². The van der Waals surface area contributed by atoms with Crippen molar-refractivity contribution < 1.29 is 9.90 Å². The monoisotopic (exact) mass is 320 g/mol. The molecule has 0 saturated heterocycles. The van der Waals surface area contributed by atoms with Gasteiger partial charge in [-0.15, -0.1) is 11.3 Å². The minimum atomic E-state index is -1.06. The summed E-state index contributed by atoms with van der Waals surface area (Å²) in [5.41, 5.74) is 0.584. The van der Waals surface area contributed by atoms with E-state index in [0.29, 0.717) is 27.5 Å². The van der Waals surface area contributed by atoms with Crippen molar-refractivity contribution in [2.75, 3.05) is 0 Å². The van der Waals surface area contributed by atoms with Crippen molar-refractivity contribution >= 4 is 39.1 Å². The molecule has 0 bridgehead atoms. The zero-order valence-corrected chi connectivity index (χ0v) is 12.2. The summed E-state index contributed by atoms with van der Waals surface area (Å²) < 4.78 is 0. The highest BCUT2D eigenvalue weighted by atomic mass is 35.5. The average molecular weight is 321 g/mol. The molecule has 0 aliphatic carbocycles. The van der Waals surface area contributed by atoms with Crippen molar-refractivity contribution in [1.82, 2.24) is 9.97 Å². The Morgan fingerprint density at radius 3 is 2.90 bits per heavy atom. The quantitative estimate of drug-likeness (QED) is 0.777. The zero-order chi connectivity index (χ0) is 15.0. The van der Waals surface area contributed by atoms with Crippen LogP contribution in [0.1, 0.15) is 21.1 Å². The number of rotatable bonds is 3. The Morgan fingerprint density at radius 1 is 1.38 bits per heavy atom. The van der Waals surface area contributed by atoms with Crippen molar-refractivity contribution in [1.29, 1.82) is 0 Å². The van der Waals surface area contributed by atoms with E-state index in [2.05, 4.69) is 9.97 Å². The number of carboxylic acid groups (broad SMARTS) is 1. The van der Waals surface area contributed by atoms with Gasteiger partial charge in [-0.1, -0.05) is 23.7 Å². The molecular weight excluding hydrogens is 312 g/mol. The first-order valence-corrected chi connectivity index (χ1v) is 7.23. The number of thiophene rings is 1. The molecule has 0 saturated carbocycles. The van der Waals surface area contributed by atoms with Crippen molar-refractivity contribution in [2.45, 2.75) is 6.42 Å². The van der Waals surface area contributed by atoms with Crippen LogP contribution in [0.15, 0.2) is 35.1 Å². The molecule has 0 atom stereocenters. The topological polar surface area (TPSA) is 83.0 Å². The summed E-state index contributed by atoms with van der Waals surface area (Å²) in [5.74, 6) is -0.581. The Balaban J connectivity index is 2.04. The van der Waals surface area contributed by atoms with Gasteiger partial charge in [0, 0.05) is 11.4 Å². The van der Waals surface area contributed by atoms with Gasteiger partial charge in [-0.3, -0.25) is 4.79 Å². The lowest BCUT2D eigenvalue weighted by Gasteiger charge is -2.01. The smallest absolute Gasteiger partial charge is 0.345 e. The first-order chi connectivity index (χ1) is 10.0. The van der Waals surface area contributed by atoms with Gasteiger partial charge in [-0.2, -0.15) is 0 Å². The van der Waals surface area contributed by atoms with Crippen LogP contribution in [0.2, 0.25) is 5.02 Å². The summed E-state index contributed by atoms with van der Waals surface area (Å²) in [7, 11) is 0. The maximum Gasteiger partial charge on any atom is 0.345 e. The van der Waals surface area contributed by atoms with Crippen LogP contribution in [0.5, 0.6) is 0 Å². The van der Waals surface area contributed by atoms with Gasteiger partial charge in [-0.05, 0) is 23.8 Å². The molecule has 2 aromatic heterocycles. The van der Waals surface area contributed by atoms with Gasteiger partial charge < -0.3 is 10.1 Å². The molecule has 1 aromatic carbocycles. The van der Waals surface area contributed by atoms with E-state index in [1.807, 2.05) is 12.1 Å². The minimum absolute atomic E-state index is 0.0999. The second-order valence-corrected chi connectivity index (χ2v) is 5.92. The number of aromatic nitrogens is 2. The van der Waals surface area contributed by atoms with Gasteiger partial charge in [0.2, 0.25) is 0 Å². The fraction of sp³-hybridized carbons (Fsp3) is 0.0714. The van der Waals surface area contributed by atoms with Crippen LogP contribution in [-0.2, 0) is 6.42 Å². The number of halogens is 1. The highest BCUT2D eigenvalue weighted by Gasteiger charge is 2.13. The summed E-state index contributed by atoms with van der Waals surface area (Å²) >= 11 is 6.91. The number of hydrogen-bond acceptors (Lipinski definition) is 4. The normalized spacial score (nSPS) is 10.9. The maximum atomic E-state index is 12.0. The van der Waals surface area contributed by atoms with E-state index in [0.717, 1.165) is 16.9 Å². The highest BCUT2D eigenvalue weighted by molar-refractivity contribution is 7.20. The van der Waals surface area contributed by atoms with Crippen molar-refractivity contribution in [2.24, 2.45) is 0 Å². The maximum absolute atomic E-state index is 12.0. The molecule has 5 nitrogen and oxygen atoms in total. The van der Waals surface area contributed by atoms with Gasteiger partial charge in [-0.25, -0.2) is 9.78 Å². The van der Waals surface area contributed by atoms with Gasteiger partial charge >= 0.3 is 5.97 Å². The zero-order valence-electron chi connectivity index (χ0n) is 10.6. The number of aromatic carboxylic acids is 1. The predicted octanol–water partition coefficient (Wildman–Crippen LogP) is 2.93. The molecule has 0 aliphatic rings. The van der Waals surface area contributed by atoms with Gasteiger partial charge in [0.1, 0.15) is 15.5 Å². The number of benzene rings is 1. The fourth-order valence-corrected chi connectivity index (χ4v) is 3.11. The predicted molar refractivity (Wildman–Crippen MR) is 81.5 cm³/mol. The number of H-pyrrole nitrogens is 1. The van der Waals surface area contributed by atoms with Crippen molar-refractivity contribution in [3.05, 3.63) is 62.0 Å². The Hall–Kier alpha value is -2.18. The molecule has 0 radical (unpaired) electrons. The molecule has 0 spiro atoms. The van der Waals surface area contributed by atoms with Crippen LogP contribution in [0.3, 0.4) is 0 Å². The molecule has 2 heterocycles. The summed E-state index contributed by atoms with van der Waals surface area (Å²) in [6, 6.07) is 8.61.